The zero-order valence-electron chi connectivity index (χ0n) is 15.0. The molecule has 2 amide bonds. The van der Waals surface area contributed by atoms with Gasteiger partial charge in [-0.3, -0.25) is 14.4 Å². The minimum absolute atomic E-state index is 0.0769. The van der Waals surface area contributed by atoms with Gasteiger partial charge in [-0.1, -0.05) is 18.2 Å². The molecule has 0 aliphatic carbocycles. The summed E-state index contributed by atoms with van der Waals surface area (Å²) in [4.78, 5) is 42.2. The SMILES string of the molecule is CCN(C(=O)c1cc(C(F)(F)F)c[nH]c1=O)C1CCN(c2ccccc2)C1=O. The molecule has 1 saturated heterocycles. The minimum Gasteiger partial charge on any atom is -0.328 e. The number of hydrogen-bond donors (Lipinski definition) is 1. The van der Waals surface area contributed by atoms with Gasteiger partial charge in [0, 0.05) is 25.0 Å². The lowest BCUT2D eigenvalue weighted by Crippen LogP contribution is -2.46. The summed E-state index contributed by atoms with van der Waals surface area (Å²) in [6, 6.07) is 8.57. The van der Waals surface area contributed by atoms with Gasteiger partial charge in [0.15, 0.2) is 0 Å². The van der Waals surface area contributed by atoms with Crippen LogP contribution in [-0.4, -0.2) is 40.8 Å². The van der Waals surface area contributed by atoms with Crippen LogP contribution in [0.25, 0.3) is 0 Å². The van der Waals surface area contributed by atoms with E-state index < -0.39 is 34.8 Å². The summed E-state index contributed by atoms with van der Waals surface area (Å²) in [5.74, 6) is -1.23. The van der Waals surface area contributed by atoms with E-state index in [2.05, 4.69) is 0 Å². The summed E-state index contributed by atoms with van der Waals surface area (Å²) >= 11 is 0. The predicted molar refractivity (Wildman–Crippen MR) is 96.0 cm³/mol. The number of aromatic nitrogens is 1. The Morgan fingerprint density at radius 1 is 1.25 bits per heavy atom. The molecule has 1 N–H and O–H groups in total. The molecular weight excluding hydrogens is 375 g/mol. The maximum Gasteiger partial charge on any atom is 0.417 e. The van der Waals surface area contributed by atoms with Crippen molar-refractivity contribution in [3.05, 3.63) is 64.1 Å². The number of nitrogens with zero attached hydrogens (tertiary/aromatic N) is 2. The molecule has 6 nitrogen and oxygen atoms in total. The molecule has 2 heterocycles. The predicted octanol–water partition coefficient (Wildman–Crippen LogP) is 2.66. The van der Waals surface area contributed by atoms with Crippen LogP contribution < -0.4 is 10.5 Å². The number of rotatable bonds is 4. The van der Waals surface area contributed by atoms with E-state index in [0.29, 0.717) is 30.9 Å². The first-order valence-corrected chi connectivity index (χ1v) is 8.71. The van der Waals surface area contributed by atoms with E-state index in [4.69, 9.17) is 0 Å². The fraction of sp³-hybridized carbons (Fsp3) is 0.316. The Bertz CT molecular complexity index is 941. The van der Waals surface area contributed by atoms with E-state index in [1.54, 1.807) is 31.2 Å². The number of aromatic amines is 1. The molecule has 0 saturated carbocycles. The lowest BCUT2D eigenvalue weighted by Gasteiger charge is -2.27. The third-order valence-corrected chi connectivity index (χ3v) is 4.68. The smallest absolute Gasteiger partial charge is 0.328 e. The second kappa shape index (κ2) is 7.49. The van der Waals surface area contributed by atoms with Gasteiger partial charge in [-0.25, -0.2) is 0 Å². The standard InChI is InChI=1S/C19H18F3N3O3/c1-2-24(15-8-9-25(18(15)28)13-6-4-3-5-7-13)17(27)14-10-12(19(20,21)22)11-23-16(14)26/h3-7,10-11,15H,2,8-9H2,1H3,(H,23,26). The number of alkyl halides is 3. The highest BCUT2D eigenvalue weighted by Gasteiger charge is 2.39. The van der Waals surface area contributed by atoms with Crippen molar-refractivity contribution < 1.29 is 22.8 Å². The lowest BCUT2D eigenvalue weighted by atomic mass is 10.1. The van der Waals surface area contributed by atoms with Crippen molar-refractivity contribution in [2.45, 2.75) is 25.6 Å². The number of H-pyrrole nitrogens is 1. The summed E-state index contributed by atoms with van der Waals surface area (Å²) in [7, 11) is 0. The summed E-state index contributed by atoms with van der Waals surface area (Å²) in [6.07, 6.45) is -3.86. The van der Waals surface area contributed by atoms with Crippen molar-refractivity contribution in [3.8, 4) is 0 Å². The second-order valence-electron chi connectivity index (χ2n) is 6.35. The van der Waals surface area contributed by atoms with Crippen LogP contribution in [0.4, 0.5) is 18.9 Å². The van der Waals surface area contributed by atoms with Gasteiger partial charge in [0.25, 0.3) is 11.5 Å². The van der Waals surface area contributed by atoms with Crippen molar-refractivity contribution in [2.75, 3.05) is 18.0 Å². The minimum atomic E-state index is -4.70. The highest BCUT2D eigenvalue weighted by molar-refractivity contribution is 6.03. The maximum atomic E-state index is 12.9. The Morgan fingerprint density at radius 2 is 1.93 bits per heavy atom. The van der Waals surface area contributed by atoms with Crippen LogP contribution in [0.3, 0.4) is 0 Å². The van der Waals surface area contributed by atoms with Gasteiger partial charge in [-0.15, -0.1) is 0 Å². The average Bonchev–Trinajstić information content (AvgIpc) is 3.04. The van der Waals surface area contributed by atoms with Crippen molar-refractivity contribution in [2.24, 2.45) is 0 Å². The third-order valence-electron chi connectivity index (χ3n) is 4.68. The molecule has 1 aliphatic rings. The average molecular weight is 393 g/mol. The molecule has 1 fully saturated rings. The zero-order valence-corrected chi connectivity index (χ0v) is 15.0. The van der Waals surface area contributed by atoms with Gasteiger partial charge in [-0.05, 0) is 31.5 Å². The lowest BCUT2D eigenvalue weighted by molar-refractivity contribution is -0.137. The molecule has 1 aliphatic heterocycles. The number of amides is 2. The number of halogens is 3. The van der Waals surface area contributed by atoms with Gasteiger partial charge in [0.1, 0.15) is 11.6 Å². The Hall–Kier alpha value is -3.10. The van der Waals surface area contributed by atoms with Crippen molar-refractivity contribution in [1.29, 1.82) is 0 Å². The Balaban J connectivity index is 1.89. The summed E-state index contributed by atoms with van der Waals surface area (Å²) in [5, 5.41) is 0. The Labute approximate surface area is 158 Å². The fourth-order valence-electron chi connectivity index (χ4n) is 3.28. The highest BCUT2D eigenvalue weighted by Crippen LogP contribution is 2.29. The molecule has 0 spiro atoms. The number of likely N-dealkylation sites (N-methyl/N-ethyl adjacent to an activating group) is 1. The summed E-state index contributed by atoms with van der Waals surface area (Å²) in [6.45, 7) is 2.06. The number of carbonyl (C=O) groups is 2. The normalized spacial score (nSPS) is 17.1. The fourth-order valence-corrected chi connectivity index (χ4v) is 3.28. The number of benzene rings is 1. The Kier molecular flexibility index (Phi) is 5.26. The molecule has 1 unspecified atom stereocenters. The molecule has 0 radical (unpaired) electrons. The Morgan fingerprint density at radius 3 is 2.54 bits per heavy atom. The number of pyridine rings is 1. The van der Waals surface area contributed by atoms with E-state index >= 15 is 0 Å². The molecule has 148 valence electrons. The zero-order chi connectivity index (χ0) is 20.5. The van der Waals surface area contributed by atoms with Crippen LogP contribution >= 0.6 is 0 Å². The molecule has 1 atom stereocenters. The van der Waals surface area contributed by atoms with Crippen LogP contribution in [0.5, 0.6) is 0 Å². The van der Waals surface area contributed by atoms with Crippen molar-refractivity contribution >= 4 is 17.5 Å². The number of hydrogen-bond acceptors (Lipinski definition) is 3. The first kappa shape index (κ1) is 19.7. The number of carbonyl (C=O) groups excluding carboxylic acids is 2. The second-order valence-corrected chi connectivity index (χ2v) is 6.35. The number of para-hydroxylation sites is 1. The third kappa shape index (κ3) is 3.64. The van der Waals surface area contributed by atoms with Crippen LogP contribution in [0.15, 0.2) is 47.4 Å². The van der Waals surface area contributed by atoms with E-state index in [1.807, 2.05) is 11.1 Å². The summed E-state index contributed by atoms with van der Waals surface area (Å²) < 4.78 is 38.8. The topological polar surface area (TPSA) is 73.5 Å². The molecule has 9 heteroatoms. The van der Waals surface area contributed by atoms with Gasteiger partial charge >= 0.3 is 6.18 Å². The monoisotopic (exact) mass is 393 g/mol. The maximum absolute atomic E-state index is 12.9. The number of nitrogens with one attached hydrogen (secondary N) is 1. The highest BCUT2D eigenvalue weighted by atomic mass is 19.4. The van der Waals surface area contributed by atoms with E-state index in [1.165, 1.54) is 4.90 Å². The molecule has 28 heavy (non-hydrogen) atoms. The quantitative estimate of drug-likeness (QED) is 0.868. The molecular formula is C19H18F3N3O3. The largest absolute Gasteiger partial charge is 0.417 e. The van der Waals surface area contributed by atoms with Crippen LogP contribution in [0, 0.1) is 0 Å². The van der Waals surface area contributed by atoms with E-state index in [0.717, 1.165) is 4.90 Å². The molecule has 2 aromatic rings. The van der Waals surface area contributed by atoms with Gasteiger partial charge in [-0.2, -0.15) is 13.2 Å². The molecule has 0 bridgehead atoms. The molecule has 1 aromatic carbocycles. The van der Waals surface area contributed by atoms with Crippen LogP contribution in [-0.2, 0) is 11.0 Å². The van der Waals surface area contributed by atoms with Crippen LogP contribution in [0.1, 0.15) is 29.3 Å². The van der Waals surface area contributed by atoms with Gasteiger partial charge in [0.2, 0.25) is 5.91 Å². The van der Waals surface area contributed by atoms with Gasteiger partial charge in [0.05, 0.1) is 5.56 Å². The van der Waals surface area contributed by atoms with Gasteiger partial charge < -0.3 is 14.8 Å². The van der Waals surface area contributed by atoms with E-state index in [-0.39, 0.29) is 12.5 Å². The van der Waals surface area contributed by atoms with Crippen molar-refractivity contribution in [3.63, 3.8) is 0 Å². The molecule has 1 aromatic heterocycles. The first-order valence-electron chi connectivity index (χ1n) is 8.71. The van der Waals surface area contributed by atoms with Crippen molar-refractivity contribution in [1.82, 2.24) is 9.88 Å². The summed E-state index contributed by atoms with van der Waals surface area (Å²) in [5.41, 5.74) is -2.02. The van der Waals surface area contributed by atoms with Crippen LogP contribution in [0.2, 0.25) is 0 Å². The number of anilines is 1. The first-order chi connectivity index (χ1) is 13.2. The van der Waals surface area contributed by atoms with E-state index in [9.17, 15) is 27.6 Å². The molecule has 3 rings (SSSR count).